The number of anilines is 1. The average Bonchev–Trinajstić information content (AvgIpc) is 2.89. The van der Waals surface area contributed by atoms with Gasteiger partial charge in [0.25, 0.3) is 0 Å². The van der Waals surface area contributed by atoms with Crippen LogP contribution in [0.25, 0.3) is 10.9 Å². The predicted octanol–water partition coefficient (Wildman–Crippen LogP) is 0.448. The van der Waals surface area contributed by atoms with Crippen LogP contribution < -0.4 is 19.5 Å². The Kier molecular flexibility index (Phi) is 5.98. The molecule has 0 bridgehead atoms. The molecule has 148 valence electrons. The van der Waals surface area contributed by atoms with Crippen molar-refractivity contribution in [1.82, 2.24) is 14.9 Å². The zero-order valence-electron chi connectivity index (χ0n) is 15.6. The molecule has 1 saturated heterocycles. The molecule has 0 saturated carbocycles. The highest BCUT2D eigenvalue weighted by Crippen LogP contribution is 2.34. The summed E-state index contributed by atoms with van der Waals surface area (Å²) in [6.07, 6.45) is 2.46. The zero-order valence-corrected chi connectivity index (χ0v) is 16.4. The minimum Gasteiger partial charge on any atom is -0.493 e. The van der Waals surface area contributed by atoms with Crippen LogP contribution in [0.4, 0.5) is 5.82 Å². The maximum Gasteiger partial charge on any atom is 0.210 e. The van der Waals surface area contributed by atoms with E-state index in [-0.39, 0.29) is 5.75 Å². The minimum atomic E-state index is -3.45. The molecule has 10 heteroatoms. The van der Waals surface area contributed by atoms with Gasteiger partial charge < -0.3 is 19.3 Å². The van der Waals surface area contributed by atoms with Crippen LogP contribution in [-0.4, -0.2) is 76.0 Å². The number of benzene rings is 1. The van der Waals surface area contributed by atoms with Crippen molar-refractivity contribution < 1.29 is 17.9 Å². The fourth-order valence-electron chi connectivity index (χ4n) is 3.28. The lowest BCUT2D eigenvalue weighted by molar-refractivity contribution is 0.310. The van der Waals surface area contributed by atoms with E-state index < -0.39 is 10.0 Å². The van der Waals surface area contributed by atoms with Gasteiger partial charge in [0.2, 0.25) is 10.0 Å². The Morgan fingerprint density at radius 1 is 1.07 bits per heavy atom. The number of fused-ring (bicyclic) bond motifs is 1. The van der Waals surface area contributed by atoms with E-state index >= 15 is 0 Å². The van der Waals surface area contributed by atoms with E-state index in [2.05, 4.69) is 19.8 Å². The third-order valence-electron chi connectivity index (χ3n) is 4.70. The molecular formula is C17H25N5O4S. The highest BCUT2D eigenvalue weighted by atomic mass is 32.2. The van der Waals surface area contributed by atoms with E-state index in [1.165, 1.54) is 0 Å². The Bertz CT molecular complexity index is 906. The molecule has 2 N–H and O–H groups in total. The third-order valence-corrected chi connectivity index (χ3v) is 5.45. The SMILES string of the molecule is COc1cc2ncnc(N3CCCN(CCS(N)(=O)=O)CC3)c2cc1OC. The predicted molar refractivity (Wildman–Crippen MR) is 104 cm³/mol. The first kappa shape index (κ1) is 19.6. The molecular weight excluding hydrogens is 370 g/mol. The second-order valence-corrected chi connectivity index (χ2v) is 8.20. The summed E-state index contributed by atoms with van der Waals surface area (Å²) in [7, 11) is -0.252. The first-order chi connectivity index (χ1) is 12.9. The van der Waals surface area contributed by atoms with Gasteiger partial charge in [0.05, 0.1) is 25.5 Å². The standard InChI is InChI=1S/C17H25N5O4S/c1-25-15-10-13-14(11-16(15)26-2)19-12-20-17(13)22-5-3-4-21(6-7-22)8-9-27(18,23)24/h10-12H,3-9H2,1-2H3,(H2,18,23,24). The van der Waals surface area contributed by atoms with Crippen LogP contribution in [0.1, 0.15) is 6.42 Å². The number of hydrogen-bond donors (Lipinski definition) is 1. The summed E-state index contributed by atoms with van der Waals surface area (Å²) in [4.78, 5) is 13.2. The zero-order chi connectivity index (χ0) is 19.4. The summed E-state index contributed by atoms with van der Waals surface area (Å²) >= 11 is 0. The number of nitrogens with zero attached hydrogens (tertiary/aromatic N) is 4. The van der Waals surface area contributed by atoms with Gasteiger partial charge in [-0.2, -0.15) is 0 Å². The van der Waals surface area contributed by atoms with E-state index in [9.17, 15) is 8.42 Å². The second-order valence-electron chi connectivity index (χ2n) is 6.47. The highest BCUT2D eigenvalue weighted by Gasteiger charge is 2.20. The molecule has 1 aliphatic rings. The number of methoxy groups -OCH3 is 2. The van der Waals surface area contributed by atoms with E-state index in [4.69, 9.17) is 14.6 Å². The Morgan fingerprint density at radius 2 is 1.81 bits per heavy atom. The van der Waals surface area contributed by atoms with Crippen molar-refractivity contribution in [2.75, 3.05) is 57.6 Å². The first-order valence-corrected chi connectivity index (χ1v) is 10.5. The molecule has 3 rings (SSSR count). The summed E-state index contributed by atoms with van der Waals surface area (Å²) in [5.41, 5.74) is 0.785. The average molecular weight is 395 g/mol. The summed E-state index contributed by atoms with van der Waals surface area (Å²) in [6.45, 7) is 3.58. The summed E-state index contributed by atoms with van der Waals surface area (Å²) in [5.74, 6) is 2.07. The highest BCUT2D eigenvalue weighted by molar-refractivity contribution is 7.89. The third kappa shape index (κ3) is 4.76. The van der Waals surface area contributed by atoms with E-state index in [1.807, 2.05) is 12.1 Å². The minimum absolute atomic E-state index is 0.0274. The van der Waals surface area contributed by atoms with Crippen LogP contribution in [0.3, 0.4) is 0 Å². The van der Waals surface area contributed by atoms with Crippen molar-refractivity contribution in [3.05, 3.63) is 18.5 Å². The van der Waals surface area contributed by atoms with Gasteiger partial charge in [-0.25, -0.2) is 23.5 Å². The fourth-order valence-corrected chi connectivity index (χ4v) is 3.80. The quantitative estimate of drug-likeness (QED) is 0.750. The van der Waals surface area contributed by atoms with Crippen molar-refractivity contribution in [2.24, 2.45) is 5.14 Å². The molecule has 0 amide bonds. The van der Waals surface area contributed by atoms with Gasteiger partial charge in [0, 0.05) is 37.6 Å². The number of sulfonamides is 1. The molecule has 0 unspecified atom stereocenters. The number of rotatable bonds is 6. The lowest BCUT2D eigenvalue weighted by atomic mass is 10.2. The van der Waals surface area contributed by atoms with Crippen LogP contribution in [0.5, 0.6) is 11.5 Å². The van der Waals surface area contributed by atoms with Crippen LogP contribution in [-0.2, 0) is 10.0 Å². The van der Waals surface area contributed by atoms with Gasteiger partial charge in [-0.05, 0) is 19.0 Å². The van der Waals surface area contributed by atoms with Crippen molar-refractivity contribution in [3.8, 4) is 11.5 Å². The van der Waals surface area contributed by atoms with Crippen molar-refractivity contribution in [2.45, 2.75) is 6.42 Å². The smallest absolute Gasteiger partial charge is 0.210 e. The summed E-state index contributed by atoms with van der Waals surface area (Å²) in [6, 6.07) is 3.74. The molecule has 2 aromatic rings. The Labute approximate surface area is 159 Å². The van der Waals surface area contributed by atoms with Crippen LogP contribution >= 0.6 is 0 Å². The molecule has 2 heterocycles. The van der Waals surface area contributed by atoms with Gasteiger partial charge in [0.15, 0.2) is 11.5 Å². The van der Waals surface area contributed by atoms with E-state index in [0.717, 1.165) is 49.3 Å². The van der Waals surface area contributed by atoms with E-state index in [0.29, 0.717) is 18.0 Å². The number of ether oxygens (including phenoxy) is 2. The molecule has 1 fully saturated rings. The molecule has 0 radical (unpaired) electrons. The van der Waals surface area contributed by atoms with Gasteiger partial charge in [0.1, 0.15) is 12.1 Å². The summed E-state index contributed by atoms with van der Waals surface area (Å²) in [5, 5.41) is 6.02. The number of aromatic nitrogens is 2. The van der Waals surface area contributed by atoms with Crippen molar-refractivity contribution >= 4 is 26.7 Å². The maximum absolute atomic E-state index is 11.2. The number of nitrogens with two attached hydrogens (primary N) is 1. The fraction of sp³-hybridized carbons (Fsp3) is 0.529. The molecule has 0 aliphatic carbocycles. The van der Waals surface area contributed by atoms with Gasteiger partial charge in [-0.3, -0.25) is 0 Å². The van der Waals surface area contributed by atoms with Gasteiger partial charge >= 0.3 is 0 Å². The number of primary sulfonamides is 1. The maximum atomic E-state index is 11.2. The topological polar surface area (TPSA) is 111 Å². The molecule has 1 aromatic heterocycles. The molecule has 1 aromatic carbocycles. The van der Waals surface area contributed by atoms with Crippen LogP contribution in [0.15, 0.2) is 18.5 Å². The van der Waals surface area contributed by atoms with Crippen molar-refractivity contribution in [3.63, 3.8) is 0 Å². The van der Waals surface area contributed by atoms with E-state index in [1.54, 1.807) is 20.5 Å². The first-order valence-electron chi connectivity index (χ1n) is 8.76. The molecule has 0 atom stereocenters. The Hall–Kier alpha value is -2.17. The number of hydrogen-bond acceptors (Lipinski definition) is 8. The molecule has 1 aliphatic heterocycles. The van der Waals surface area contributed by atoms with Crippen LogP contribution in [0, 0.1) is 0 Å². The van der Waals surface area contributed by atoms with Crippen LogP contribution in [0.2, 0.25) is 0 Å². The molecule has 27 heavy (non-hydrogen) atoms. The largest absolute Gasteiger partial charge is 0.493 e. The Balaban J connectivity index is 1.82. The second kappa shape index (κ2) is 8.24. The Morgan fingerprint density at radius 3 is 2.52 bits per heavy atom. The summed E-state index contributed by atoms with van der Waals surface area (Å²) < 4.78 is 33.2. The van der Waals surface area contributed by atoms with Crippen molar-refractivity contribution in [1.29, 1.82) is 0 Å². The lowest BCUT2D eigenvalue weighted by Crippen LogP contribution is -2.35. The van der Waals surface area contributed by atoms with Gasteiger partial charge in [-0.15, -0.1) is 0 Å². The lowest BCUT2D eigenvalue weighted by Gasteiger charge is -2.24. The molecule has 9 nitrogen and oxygen atoms in total. The normalized spacial score (nSPS) is 16.3. The monoisotopic (exact) mass is 395 g/mol. The van der Waals surface area contributed by atoms with Gasteiger partial charge in [-0.1, -0.05) is 0 Å². The molecule has 0 spiro atoms.